The summed E-state index contributed by atoms with van der Waals surface area (Å²) in [6.07, 6.45) is 1.43. The molecule has 0 spiro atoms. The molecule has 10 nitrogen and oxygen atoms in total. The number of carbonyl (C=O) groups is 1. The Bertz CT molecular complexity index is 1190. The zero-order valence-electron chi connectivity index (χ0n) is 15.2. The summed E-state index contributed by atoms with van der Waals surface area (Å²) in [4.78, 5) is 22.4. The van der Waals surface area contributed by atoms with Gasteiger partial charge in [-0.25, -0.2) is 16.8 Å². The van der Waals surface area contributed by atoms with E-state index in [0.717, 1.165) is 24.5 Å². The average molecular weight is 439 g/mol. The molecule has 0 radical (unpaired) electrons. The summed E-state index contributed by atoms with van der Waals surface area (Å²) in [7, 11) is -7.09. The van der Waals surface area contributed by atoms with E-state index in [2.05, 4.69) is 5.32 Å². The van der Waals surface area contributed by atoms with Gasteiger partial charge in [0.05, 0.1) is 21.3 Å². The number of non-ortho nitro benzene ring substituents is 1. The number of hydrogen-bond acceptors (Lipinski definition) is 7. The largest absolute Gasteiger partial charge is 0.322 e. The molecule has 1 N–H and O–H groups in total. The number of carbonyl (C=O) groups excluding carboxylic acids is 1. The molecule has 1 heterocycles. The molecule has 0 atom stereocenters. The quantitative estimate of drug-likeness (QED) is 0.552. The lowest BCUT2D eigenvalue weighted by Crippen LogP contribution is -2.25. The molecule has 2 aromatic carbocycles. The van der Waals surface area contributed by atoms with Gasteiger partial charge >= 0.3 is 0 Å². The van der Waals surface area contributed by atoms with Gasteiger partial charge in [0.1, 0.15) is 0 Å². The maximum Gasteiger partial charge on any atom is 0.271 e. The van der Waals surface area contributed by atoms with Gasteiger partial charge in [0.15, 0.2) is 9.84 Å². The Kier molecular flexibility index (Phi) is 5.32. The molecule has 1 aliphatic rings. The van der Waals surface area contributed by atoms with E-state index in [1.165, 1.54) is 28.6 Å². The van der Waals surface area contributed by atoms with E-state index in [1.807, 2.05) is 0 Å². The van der Waals surface area contributed by atoms with Crippen molar-refractivity contribution in [2.45, 2.75) is 11.3 Å². The topological polar surface area (TPSA) is 144 Å². The second-order valence-corrected chi connectivity index (χ2v) is 10.5. The van der Waals surface area contributed by atoms with Crippen LogP contribution in [0.15, 0.2) is 47.4 Å². The summed E-state index contributed by atoms with van der Waals surface area (Å²) >= 11 is 0. The molecule has 0 saturated carbocycles. The van der Waals surface area contributed by atoms with Crippen LogP contribution in [0.5, 0.6) is 0 Å². The van der Waals surface area contributed by atoms with Crippen molar-refractivity contribution in [1.82, 2.24) is 0 Å². The van der Waals surface area contributed by atoms with Crippen LogP contribution in [0.25, 0.3) is 0 Å². The van der Waals surface area contributed by atoms with Gasteiger partial charge in [-0.3, -0.25) is 19.2 Å². The van der Waals surface area contributed by atoms with Gasteiger partial charge in [0, 0.05) is 36.2 Å². The Balaban J connectivity index is 1.85. The zero-order valence-corrected chi connectivity index (χ0v) is 16.9. The van der Waals surface area contributed by atoms with Crippen LogP contribution in [-0.2, 0) is 19.9 Å². The Labute approximate surface area is 167 Å². The van der Waals surface area contributed by atoms with Crippen LogP contribution < -0.4 is 9.62 Å². The second-order valence-electron chi connectivity index (χ2n) is 6.49. The SMILES string of the molecule is CS(=O)(=O)c1cc(C(=O)Nc2ccc(N3CCCS3(=O)=O)cc2)cc([N+](=O)[O-])c1. The molecule has 1 saturated heterocycles. The van der Waals surface area contributed by atoms with E-state index in [-0.39, 0.29) is 16.2 Å². The third kappa shape index (κ3) is 4.54. The van der Waals surface area contributed by atoms with E-state index in [1.54, 1.807) is 0 Å². The van der Waals surface area contributed by atoms with Gasteiger partial charge < -0.3 is 5.32 Å². The number of sulfonamides is 1. The van der Waals surface area contributed by atoms with Crippen LogP contribution in [0.4, 0.5) is 17.1 Å². The maximum absolute atomic E-state index is 12.5. The fourth-order valence-corrected chi connectivity index (χ4v) is 5.12. The van der Waals surface area contributed by atoms with Crippen molar-refractivity contribution in [3.05, 3.63) is 58.1 Å². The van der Waals surface area contributed by atoms with Crippen molar-refractivity contribution in [2.24, 2.45) is 0 Å². The fourth-order valence-electron chi connectivity index (χ4n) is 2.88. The molecule has 1 fully saturated rings. The normalized spacial score (nSPS) is 15.8. The number of nitro groups is 1. The molecular weight excluding hydrogens is 422 g/mol. The number of anilines is 2. The number of nitro benzene ring substituents is 1. The number of rotatable bonds is 5. The highest BCUT2D eigenvalue weighted by Gasteiger charge is 2.28. The second kappa shape index (κ2) is 7.44. The molecule has 12 heteroatoms. The van der Waals surface area contributed by atoms with Gasteiger partial charge in [-0.05, 0) is 36.8 Å². The first kappa shape index (κ1) is 20.7. The summed E-state index contributed by atoms with van der Waals surface area (Å²) in [5.74, 6) is -0.652. The molecule has 29 heavy (non-hydrogen) atoms. The van der Waals surface area contributed by atoms with Crippen molar-refractivity contribution in [2.75, 3.05) is 28.2 Å². The van der Waals surface area contributed by atoms with Crippen molar-refractivity contribution in [3.63, 3.8) is 0 Å². The Morgan fingerprint density at radius 1 is 1.17 bits per heavy atom. The summed E-state index contributed by atoms with van der Waals surface area (Å²) in [6, 6.07) is 8.99. The Hall–Kier alpha value is -2.99. The predicted molar refractivity (Wildman–Crippen MR) is 106 cm³/mol. The predicted octanol–water partition coefficient (Wildman–Crippen LogP) is 1.79. The van der Waals surface area contributed by atoms with Crippen LogP contribution in [0.3, 0.4) is 0 Å². The Morgan fingerprint density at radius 3 is 2.34 bits per heavy atom. The van der Waals surface area contributed by atoms with E-state index in [0.29, 0.717) is 24.3 Å². The highest BCUT2D eigenvalue weighted by atomic mass is 32.2. The number of nitrogens with one attached hydrogen (secondary N) is 1. The van der Waals surface area contributed by atoms with Crippen molar-refractivity contribution in [3.8, 4) is 0 Å². The molecule has 0 unspecified atom stereocenters. The number of amides is 1. The van der Waals surface area contributed by atoms with E-state index in [9.17, 15) is 31.7 Å². The van der Waals surface area contributed by atoms with E-state index in [4.69, 9.17) is 0 Å². The van der Waals surface area contributed by atoms with Crippen molar-refractivity contribution < 1.29 is 26.6 Å². The molecule has 1 amide bonds. The highest BCUT2D eigenvalue weighted by molar-refractivity contribution is 7.93. The minimum atomic E-state index is -3.76. The number of hydrogen-bond donors (Lipinski definition) is 1. The fraction of sp³-hybridized carbons (Fsp3) is 0.235. The lowest BCUT2D eigenvalue weighted by atomic mass is 10.2. The van der Waals surface area contributed by atoms with Gasteiger partial charge in [0.25, 0.3) is 11.6 Å². The number of benzene rings is 2. The highest BCUT2D eigenvalue weighted by Crippen LogP contribution is 2.26. The average Bonchev–Trinajstić information content (AvgIpc) is 3.00. The molecule has 154 valence electrons. The number of nitrogens with zero attached hydrogens (tertiary/aromatic N) is 2. The molecule has 3 rings (SSSR count). The van der Waals surface area contributed by atoms with Crippen LogP contribution in [0.1, 0.15) is 16.8 Å². The van der Waals surface area contributed by atoms with E-state index < -0.39 is 36.4 Å². The maximum atomic E-state index is 12.5. The van der Waals surface area contributed by atoms with Crippen molar-refractivity contribution in [1.29, 1.82) is 0 Å². The zero-order chi connectivity index (χ0) is 21.4. The molecule has 0 bridgehead atoms. The summed E-state index contributed by atoms with van der Waals surface area (Å²) in [5, 5.41) is 13.6. The van der Waals surface area contributed by atoms with Gasteiger partial charge in [-0.2, -0.15) is 0 Å². The van der Waals surface area contributed by atoms with Gasteiger partial charge in [-0.1, -0.05) is 0 Å². The van der Waals surface area contributed by atoms with E-state index >= 15 is 0 Å². The monoisotopic (exact) mass is 439 g/mol. The first-order valence-corrected chi connectivity index (χ1v) is 11.9. The van der Waals surface area contributed by atoms with Crippen LogP contribution in [0, 0.1) is 10.1 Å². The minimum absolute atomic E-state index is 0.0843. The summed E-state index contributed by atoms with van der Waals surface area (Å²) in [5.41, 5.74) is 0.0800. The van der Waals surface area contributed by atoms with Crippen LogP contribution >= 0.6 is 0 Å². The minimum Gasteiger partial charge on any atom is -0.322 e. The van der Waals surface area contributed by atoms with Crippen LogP contribution in [-0.4, -0.2) is 46.2 Å². The lowest BCUT2D eigenvalue weighted by molar-refractivity contribution is -0.385. The first-order chi connectivity index (χ1) is 13.5. The third-order valence-electron chi connectivity index (χ3n) is 4.30. The molecule has 0 aliphatic carbocycles. The smallest absolute Gasteiger partial charge is 0.271 e. The molecule has 1 aliphatic heterocycles. The Morgan fingerprint density at radius 2 is 1.83 bits per heavy atom. The molecule has 0 aromatic heterocycles. The van der Waals surface area contributed by atoms with Gasteiger partial charge in [-0.15, -0.1) is 0 Å². The standard InChI is InChI=1S/C17H17N3O7S2/c1-28(24,25)16-10-12(9-15(11-16)20(22)23)17(21)18-13-3-5-14(6-4-13)19-7-2-8-29(19,26)27/h3-6,9-11H,2,7-8H2,1H3,(H,18,21). The molecular formula is C17H17N3O7S2. The first-order valence-electron chi connectivity index (χ1n) is 8.39. The van der Waals surface area contributed by atoms with Crippen LogP contribution in [0.2, 0.25) is 0 Å². The molecule has 2 aromatic rings. The van der Waals surface area contributed by atoms with Gasteiger partial charge in [0.2, 0.25) is 10.0 Å². The third-order valence-corrected chi connectivity index (χ3v) is 7.27. The summed E-state index contributed by atoms with van der Waals surface area (Å²) < 4.78 is 48.7. The van der Waals surface area contributed by atoms with Crippen molar-refractivity contribution >= 4 is 42.8 Å². The summed E-state index contributed by atoms with van der Waals surface area (Å²) in [6.45, 7) is 0.385. The number of sulfone groups is 1. The lowest BCUT2D eigenvalue weighted by Gasteiger charge is -2.17.